The van der Waals surface area contributed by atoms with Crippen LogP contribution >= 0.6 is 7.82 Å². The number of hydrogen-bond donors (Lipinski definition) is 3. The van der Waals surface area contributed by atoms with Crippen LogP contribution in [0.2, 0.25) is 0 Å². The quantitative estimate of drug-likeness (QED) is 0.0245. The molecule has 0 aliphatic heterocycles. The lowest BCUT2D eigenvalue weighted by Crippen LogP contribution is -2.27. The normalized spacial score (nSPS) is 14.3. The van der Waals surface area contributed by atoms with Gasteiger partial charge in [-0.25, -0.2) is 4.57 Å². The Bertz CT molecular complexity index is 1220. The van der Waals surface area contributed by atoms with Gasteiger partial charge in [-0.1, -0.05) is 143 Å². The average Bonchev–Trinajstić information content (AvgIpc) is 3.17. The fourth-order valence-electron chi connectivity index (χ4n) is 4.90. The number of allylic oxidation sites excluding steroid dienone is 16. The van der Waals surface area contributed by atoms with E-state index in [0.717, 1.165) is 77.0 Å². The van der Waals surface area contributed by atoms with E-state index < -0.39 is 26.5 Å². The summed E-state index contributed by atoms with van der Waals surface area (Å²) >= 11 is 0. The van der Waals surface area contributed by atoms with Crippen molar-refractivity contribution >= 4 is 19.7 Å². The number of hydrogen-bond acceptors (Lipinski definition) is 7. The number of ether oxygens (including phenoxy) is 1. The van der Waals surface area contributed by atoms with Crippen LogP contribution in [0.5, 0.6) is 0 Å². The first-order chi connectivity index (χ1) is 26.8. The molecule has 3 N–H and O–H groups in total. The van der Waals surface area contributed by atoms with Gasteiger partial charge >= 0.3 is 13.8 Å². The number of aliphatic hydroxyl groups is 1. The Labute approximate surface area is 334 Å². The Balaban J connectivity index is 3.77. The van der Waals surface area contributed by atoms with E-state index in [1.54, 1.807) is 0 Å². The van der Waals surface area contributed by atoms with Crippen molar-refractivity contribution in [1.29, 1.82) is 0 Å². The third kappa shape index (κ3) is 41.9. The van der Waals surface area contributed by atoms with Crippen LogP contribution in [0, 0.1) is 0 Å². The minimum atomic E-state index is -4.45. The molecule has 0 fully saturated rings. The Morgan fingerprint density at radius 1 is 0.582 bits per heavy atom. The molecule has 0 aromatic heterocycles. The SMILES string of the molecule is CC/C=C\C/C=C\C/C=C\C/C=C\C/C=C\C/C=C\CCC(=O)NCCOP(=O)(O)OCC(O)COC(=O)CCCCCCC/C=C\C/C=C\CCCCC. The van der Waals surface area contributed by atoms with Crippen LogP contribution in [-0.4, -0.2) is 54.3 Å². The first-order valence-electron chi connectivity index (χ1n) is 20.7. The summed E-state index contributed by atoms with van der Waals surface area (Å²) in [5.41, 5.74) is 0. The summed E-state index contributed by atoms with van der Waals surface area (Å²) in [5, 5.41) is 12.6. The van der Waals surface area contributed by atoms with Crippen LogP contribution in [-0.2, 0) is 27.9 Å². The summed E-state index contributed by atoms with van der Waals surface area (Å²) in [6, 6.07) is 0. The molecule has 9 nitrogen and oxygen atoms in total. The fourth-order valence-corrected chi connectivity index (χ4v) is 5.66. The Morgan fingerprint density at radius 2 is 1.05 bits per heavy atom. The molecular weight excluding hydrogens is 713 g/mol. The van der Waals surface area contributed by atoms with Gasteiger partial charge in [0.25, 0.3) is 0 Å². The summed E-state index contributed by atoms with van der Waals surface area (Å²) in [5.74, 6) is -0.626. The molecule has 0 saturated carbocycles. The molecule has 312 valence electrons. The van der Waals surface area contributed by atoms with Gasteiger partial charge in [-0.3, -0.25) is 18.6 Å². The molecule has 2 unspecified atom stereocenters. The van der Waals surface area contributed by atoms with Crippen LogP contribution in [0.15, 0.2) is 97.2 Å². The van der Waals surface area contributed by atoms with Crippen LogP contribution in [0.4, 0.5) is 0 Å². The lowest BCUT2D eigenvalue weighted by Gasteiger charge is -2.15. The minimum Gasteiger partial charge on any atom is -0.463 e. The van der Waals surface area contributed by atoms with Crippen molar-refractivity contribution in [1.82, 2.24) is 5.32 Å². The molecule has 0 aromatic carbocycles. The van der Waals surface area contributed by atoms with E-state index in [9.17, 15) is 24.2 Å². The molecule has 0 saturated heterocycles. The second-order valence-electron chi connectivity index (χ2n) is 13.2. The van der Waals surface area contributed by atoms with Crippen LogP contribution in [0.25, 0.3) is 0 Å². The first kappa shape index (κ1) is 51.9. The highest BCUT2D eigenvalue weighted by molar-refractivity contribution is 7.47. The van der Waals surface area contributed by atoms with Crippen LogP contribution in [0.1, 0.15) is 142 Å². The van der Waals surface area contributed by atoms with Crippen molar-refractivity contribution in [3.8, 4) is 0 Å². The number of aliphatic hydroxyl groups excluding tert-OH is 1. The van der Waals surface area contributed by atoms with Gasteiger partial charge in [0.1, 0.15) is 12.7 Å². The summed E-state index contributed by atoms with van der Waals surface area (Å²) in [4.78, 5) is 33.8. The molecule has 55 heavy (non-hydrogen) atoms. The van der Waals surface area contributed by atoms with Gasteiger partial charge < -0.3 is 20.1 Å². The number of phosphoric ester groups is 1. The average molecular weight is 788 g/mol. The Morgan fingerprint density at radius 3 is 1.60 bits per heavy atom. The van der Waals surface area contributed by atoms with Gasteiger partial charge in [0.15, 0.2) is 0 Å². The largest absolute Gasteiger partial charge is 0.472 e. The van der Waals surface area contributed by atoms with E-state index in [1.807, 2.05) is 12.2 Å². The summed E-state index contributed by atoms with van der Waals surface area (Å²) in [7, 11) is -4.45. The molecule has 0 aliphatic rings. The predicted octanol–water partition coefficient (Wildman–Crippen LogP) is 11.4. The van der Waals surface area contributed by atoms with E-state index in [0.29, 0.717) is 12.8 Å². The van der Waals surface area contributed by atoms with E-state index in [-0.39, 0.29) is 38.5 Å². The van der Waals surface area contributed by atoms with Gasteiger partial charge in [0.2, 0.25) is 5.91 Å². The summed E-state index contributed by atoms with van der Waals surface area (Å²) in [6.45, 7) is 3.27. The Hall–Kier alpha value is -3.07. The minimum absolute atomic E-state index is 0.0326. The van der Waals surface area contributed by atoms with Crippen molar-refractivity contribution in [2.75, 3.05) is 26.4 Å². The van der Waals surface area contributed by atoms with E-state index in [2.05, 4.69) is 104 Å². The number of esters is 1. The number of unbranched alkanes of at least 4 members (excludes halogenated alkanes) is 8. The molecule has 0 heterocycles. The summed E-state index contributed by atoms with van der Waals surface area (Å²) < 4.78 is 26.8. The number of phosphoric acid groups is 1. The number of rotatable bonds is 37. The van der Waals surface area contributed by atoms with Crippen molar-refractivity contribution < 1.29 is 37.9 Å². The van der Waals surface area contributed by atoms with Crippen LogP contribution < -0.4 is 5.32 Å². The van der Waals surface area contributed by atoms with Crippen molar-refractivity contribution in [3.63, 3.8) is 0 Å². The molecule has 1 amide bonds. The number of carbonyl (C=O) groups excluding carboxylic acids is 2. The maximum Gasteiger partial charge on any atom is 0.472 e. The van der Waals surface area contributed by atoms with E-state index >= 15 is 0 Å². The van der Waals surface area contributed by atoms with Crippen molar-refractivity contribution in [2.24, 2.45) is 0 Å². The zero-order valence-corrected chi connectivity index (χ0v) is 35.0. The van der Waals surface area contributed by atoms with Crippen molar-refractivity contribution in [2.45, 2.75) is 148 Å². The van der Waals surface area contributed by atoms with Gasteiger partial charge in [0, 0.05) is 19.4 Å². The number of nitrogens with one attached hydrogen (secondary N) is 1. The highest BCUT2D eigenvalue weighted by Gasteiger charge is 2.23. The maximum atomic E-state index is 12.1. The predicted molar refractivity (Wildman–Crippen MR) is 229 cm³/mol. The van der Waals surface area contributed by atoms with Gasteiger partial charge in [-0.15, -0.1) is 0 Å². The second kappa shape index (κ2) is 40.6. The van der Waals surface area contributed by atoms with Gasteiger partial charge in [-0.2, -0.15) is 0 Å². The molecule has 2 atom stereocenters. The third-order valence-electron chi connectivity index (χ3n) is 8.01. The fraction of sp³-hybridized carbons (Fsp3) is 0.600. The van der Waals surface area contributed by atoms with E-state index in [1.165, 1.54) is 25.7 Å². The third-order valence-corrected chi connectivity index (χ3v) is 9.00. The highest BCUT2D eigenvalue weighted by atomic mass is 31.2. The number of amides is 1. The smallest absolute Gasteiger partial charge is 0.463 e. The second-order valence-corrected chi connectivity index (χ2v) is 14.7. The first-order valence-corrected chi connectivity index (χ1v) is 22.2. The lowest BCUT2D eigenvalue weighted by atomic mass is 10.1. The van der Waals surface area contributed by atoms with Gasteiger partial charge in [0.05, 0.1) is 13.2 Å². The molecular formula is C45H74NO8P. The van der Waals surface area contributed by atoms with E-state index in [4.69, 9.17) is 13.8 Å². The molecule has 0 spiro atoms. The molecule has 0 rings (SSSR count). The lowest BCUT2D eigenvalue weighted by molar-refractivity contribution is -0.147. The topological polar surface area (TPSA) is 131 Å². The monoisotopic (exact) mass is 788 g/mol. The summed E-state index contributed by atoms with van der Waals surface area (Å²) in [6.07, 6.45) is 52.0. The zero-order chi connectivity index (χ0) is 40.3. The zero-order valence-electron chi connectivity index (χ0n) is 34.1. The van der Waals surface area contributed by atoms with Crippen molar-refractivity contribution in [3.05, 3.63) is 97.2 Å². The molecule has 0 bridgehead atoms. The van der Waals surface area contributed by atoms with Crippen LogP contribution in [0.3, 0.4) is 0 Å². The Kier molecular flexibility index (Phi) is 38.3. The maximum absolute atomic E-state index is 12.1. The molecule has 0 aromatic rings. The number of carbonyl (C=O) groups is 2. The highest BCUT2D eigenvalue weighted by Crippen LogP contribution is 2.42. The molecule has 10 heteroatoms. The molecule has 0 aliphatic carbocycles. The molecule has 0 radical (unpaired) electrons. The standard InChI is InChI=1S/C45H74NO8P/c1-3-5-7-9-11-13-15-17-19-20-21-22-24-25-27-29-31-33-35-37-44(48)46-39-40-53-55(50,51)54-42-43(47)41-52-45(49)38-36-34-32-30-28-26-23-18-16-14-12-10-8-6-4-2/h5,7,11-14,17-19,21-23,25,27,31,33,43,47H,3-4,6,8-10,15-16,20,24,26,28-30,32,34-42H2,1-2H3,(H,46,48)(H,50,51)/b7-5-,13-11-,14-12-,19-17-,22-21-,23-18-,27-25-,33-31-. The van der Waals surface area contributed by atoms with Gasteiger partial charge in [-0.05, 0) is 83.5 Å².